The third-order valence-electron chi connectivity index (χ3n) is 5.85. The number of ether oxygens (including phenoxy) is 4. The van der Waals surface area contributed by atoms with Gasteiger partial charge in [-0.25, -0.2) is 4.79 Å². The molecule has 0 amide bonds. The summed E-state index contributed by atoms with van der Waals surface area (Å²) in [6, 6.07) is 0. The normalized spacial score (nSPS) is 33.1. The van der Waals surface area contributed by atoms with Crippen LogP contribution in [0.15, 0.2) is 34.6 Å². The van der Waals surface area contributed by atoms with Gasteiger partial charge in [-0.15, -0.1) is 0 Å². The first kappa shape index (κ1) is 18.9. The molecule has 2 aliphatic carbocycles. The Kier molecular flexibility index (Phi) is 5.08. The maximum Gasteiger partial charge on any atom is 0.339 e. The zero-order valence-electron chi connectivity index (χ0n) is 16.0. The molecule has 0 aromatic heterocycles. The first-order valence-corrected chi connectivity index (χ1v) is 8.98. The Hall–Kier alpha value is -1.92. The lowest BCUT2D eigenvalue weighted by molar-refractivity contribution is -0.172. The minimum Gasteiger partial charge on any atom is -0.455 e. The largest absolute Gasteiger partial charge is 0.455 e. The van der Waals surface area contributed by atoms with Crippen molar-refractivity contribution in [3.63, 3.8) is 0 Å². The highest BCUT2D eigenvalue weighted by molar-refractivity contribution is 5.94. The monoisotopic (exact) mass is 362 g/mol. The van der Waals surface area contributed by atoms with Crippen LogP contribution in [0.3, 0.4) is 0 Å². The van der Waals surface area contributed by atoms with Gasteiger partial charge >= 0.3 is 11.9 Å². The van der Waals surface area contributed by atoms with Gasteiger partial charge in [-0.2, -0.15) is 0 Å². The average molecular weight is 362 g/mol. The van der Waals surface area contributed by atoms with Crippen LogP contribution in [-0.2, 0) is 28.5 Å². The summed E-state index contributed by atoms with van der Waals surface area (Å²) in [5.74, 6) is 0.0881. The Morgan fingerprint density at radius 1 is 1.42 bits per heavy atom. The number of rotatable bonds is 5. The van der Waals surface area contributed by atoms with E-state index in [-0.39, 0.29) is 36.2 Å². The van der Waals surface area contributed by atoms with Crippen molar-refractivity contribution in [3.8, 4) is 0 Å². The second-order valence-corrected chi connectivity index (χ2v) is 7.35. The summed E-state index contributed by atoms with van der Waals surface area (Å²) in [6.45, 7) is 7.93. The van der Waals surface area contributed by atoms with E-state index in [2.05, 4.69) is 13.8 Å². The molecule has 4 atom stereocenters. The highest BCUT2D eigenvalue weighted by Gasteiger charge is 2.50. The van der Waals surface area contributed by atoms with Crippen LogP contribution in [0.1, 0.15) is 40.5 Å². The third kappa shape index (κ3) is 3.01. The van der Waals surface area contributed by atoms with Crippen molar-refractivity contribution in [3.05, 3.63) is 34.6 Å². The maximum absolute atomic E-state index is 11.9. The van der Waals surface area contributed by atoms with E-state index in [1.807, 2.05) is 12.2 Å². The zero-order valence-corrected chi connectivity index (χ0v) is 16.0. The van der Waals surface area contributed by atoms with Crippen molar-refractivity contribution in [1.29, 1.82) is 0 Å². The molecule has 6 nitrogen and oxygen atoms in total. The molecule has 0 saturated heterocycles. The molecule has 0 fully saturated rings. The molecule has 0 bridgehead atoms. The van der Waals surface area contributed by atoms with Crippen LogP contribution in [0, 0.1) is 11.3 Å². The predicted octanol–water partition coefficient (Wildman–Crippen LogP) is 3.04. The number of methoxy groups -OCH3 is 1. The first-order chi connectivity index (χ1) is 12.3. The van der Waals surface area contributed by atoms with Crippen molar-refractivity contribution in [2.45, 2.75) is 52.7 Å². The van der Waals surface area contributed by atoms with Crippen LogP contribution in [-0.4, -0.2) is 38.0 Å². The highest BCUT2D eigenvalue weighted by Crippen LogP contribution is 2.54. The van der Waals surface area contributed by atoms with Gasteiger partial charge in [-0.1, -0.05) is 20.8 Å². The summed E-state index contributed by atoms with van der Waals surface area (Å²) < 4.78 is 22.0. The van der Waals surface area contributed by atoms with Gasteiger partial charge in [0.05, 0.1) is 0 Å². The molecule has 0 aromatic rings. The number of fused-ring (bicyclic) bond motifs is 2. The Morgan fingerprint density at radius 3 is 2.81 bits per heavy atom. The fourth-order valence-electron chi connectivity index (χ4n) is 3.96. The fourth-order valence-corrected chi connectivity index (χ4v) is 3.96. The van der Waals surface area contributed by atoms with Gasteiger partial charge in [0.1, 0.15) is 24.8 Å². The SMILES string of the molecule is CCC(=O)O[C@H]1C=C2C=C3OC(=O)C(C)=C3C[C@]2(C)[C@@H](C)[C@H]1OCOC. The summed E-state index contributed by atoms with van der Waals surface area (Å²) in [6.07, 6.45) is 3.99. The lowest BCUT2D eigenvalue weighted by atomic mass is 9.60. The number of hydrogen-bond acceptors (Lipinski definition) is 6. The topological polar surface area (TPSA) is 71.1 Å². The zero-order chi connectivity index (χ0) is 19.1. The number of carbonyl (C=O) groups is 2. The van der Waals surface area contributed by atoms with Crippen LogP contribution < -0.4 is 0 Å². The molecule has 1 heterocycles. The van der Waals surface area contributed by atoms with E-state index in [4.69, 9.17) is 18.9 Å². The summed E-state index contributed by atoms with van der Waals surface area (Å²) in [7, 11) is 1.56. The van der Waals surface area contributed by atoms with Crippen molar-refractivity contribution < 1.29 is 28.5 Å². The van der Waals surface area contributed by atoms with Gasteiger partial charge in [0, 0.05) is 30.1 Å². The molecule has 0 N–H and O–H groups in total. The molecule has 0 spiro atoms. The van der Waals surface area contributed by atoms with Gasteiger partial charge in [-0.3, -0.25) is 4.79 Å². The molecule has 0 saturated carbocycles. The molecule has 0 aromatic carbocycles. The van der Waals surface area contributed by atoms with E-state index in [1.165, 1.54) is 0 Å². The standard InChI is InChI=1S/C20H26O6/c1-6-17(21)25-16-8-13-7-15-14(11(2)19(22)26-15)9-20(13,4)12(3)18(16)24-10-23-5/h7-8,12,16,18H,6,9-10H2,1-5H3/t12-,16-,18+,20+/m0/s1. The maximum atomic E-state index is 11.9. The minimum absolute atomic E-state index is 0.0427. The van der Waals surface area contributed by atoms with E-state index in [0.29, 0.717) is 24.2 Å². The van der Waals surface area contributed by atoms with E-state index in [0.717, 1.165) is 11.1 Å². The molecule has 26 heavy (non-hydrogen) atoms. The van der Waals surface area contributed by atoms with Crippen molar-refractivity contribution >= 4 is 11.9 Å². The lowest BCUT2D eigenvalue weighted by Gasteiger charge is -2.48. The lowest BCUT2D eigenvalue weighted by Crippen LogP contribution is -2.49. The molecule has 142 valence electrons. The molecular formula is C20H26O6. The smallest absolute Gasteiger partial charge is 0.339 e. The number of carbonyl (C=O) groups excluding carboxylic acids is 2. The van der Waals surface area contributed by atoms with Crippen LogP contribution in [0.4, 0.5) is 0 Å². The van der Waals surface area contributed by atoms with Gasteiger partial charge in [0.15, 0.2) is 0 Å². The quantitative estimate of drug-likeness (QED) is 0.553. The molecule has 0 radical (unpaired) electrons. The Bertz CT molecular complexity index is 716. The van der Waals surface area contributed by atoms with E-state index in [9.17, 15) is 9.59 Å². The van der Waals surface area contributed by atoms with Gasteiger partial charge in [0.2, 0.25) is 0 Å². The number of hydrogen-bond donors (Lipinski definition) is 0. The Balaban J connectivity index is 2.02. The minimum atomic E-state index is -0.503. The number of allylic oxidation sites excluding steroid dienone is 3. The second kappa shape index (κ2) is 7.00. The van der Waals surface area contributed by atoms with Gasteiger partial charge in [0.25, 0.3) is 0 Å². The number of esters is 2. The van der Waals surface area contributed by atoms with Crippen LogP contribution in [0.2, 0.25) is 0 Å². The van der Waals surface area contributed by atoms with E-state index < -0.39 is 6.10 Å². The molecule has 1 aliphatic heterocycles. The van der Waals surface area contributed by atoms with Crippen LogP contribution in [0.5, 0.6) is 0 Å². The van der Waals surface area contributed by atoms with Crippen molar-refractivity contribution in [1.82, 2.24) is 0 Å². The average Bonchev–Trinajstić information content (AvgIpc) is 2.87. The van der Waals surface area contributed by atoms with E-state index in [1.54, 1.807) is 21.0 Å². The molecule has 6 heteroatoms. The highest BCUT2D eigenvalue weighted by atomic mass is 16.7. The summed E-state index contributed by atoms with van der Waals surface area (Å²) in [5.41, 5.74) is 2.38. The molecular weight excluding hydrogens is 336 g/mol. The summed E-state index contributed by atoms with van der Waals surface area (Å²) in [4.78, 5) is 23.8. The second-order valence-electron chi connectivity index (χ2n) is 7.35. The molecule has 3 aliphatic rings. The fraction of sp³-hybridized carbons (Fsp3) is 0.600. The predicted molar refractivity (Wildman–Crippen MR) is 93.8 cm³/mol. The van der Waals surface area contributed by atoms with Crippen molar-refractivity contribution in [2.24, 2.45) is 11.3 Å². The van der Waals surface area contributed by atoms with Gasteiger partial charge < -0.3 is 18.9 Å². The third-order valence-corrected chi connectivity index (χ3v) is 5.85. The summed E-state index contributed by atoms with van der Waals surface area (Å²) in [5, 5.41) is 0. The van der Waals surface area contributed by atoms with Crippen LogP contribution in [0.25, 0.3) is 0 Å². The van der Waals surface area contributed by atoms with E-state index >= 15 is 0 Å². The molecule has 3 rings (SSSR count). The Labute approximate surface area is 153 Å². The molecule has 0 unspecified atom stereocenters. The first-order valence-electron chi connectivity index (χ1n) is 8.98. The van der Waals surface area contributed by atoms with Gasteiger partial charge in [-0.05, 0) is 37.0 Å². The van der Waals surface area contributed by atoms with Crippen molar-refractivity contribution in [2.75, 3.05) is 13.9 Å². The Morgan fingerprint density at radius 2 is 2.15 bits per heavy atom. The van der Waals surface area contributed by atoms with Crippen LogP contribution >= 0.6 is 0 Å². The summed E-state index contributed by atoms with van der Waals surface area (Å²) >= 11 is 0.